The first-order valence-electron chi connectivity index (χ1n) is 7.87. The van der Waals surface area contributed by atoms with Gasteiger partial charge in [0.15, 0.2) is 11.9 Å². The molecule has 0 amide bonds. The molecule has 9 heteroatoms. The smallest absolute Gasteiger partial charge is 0.313 e. The number of rotatable bonds is 8. The van der Waals surface area contributed by atoms with E-state index in [1.807, 2.05) is 0 Å². The zero-order chi connectivity index (χ0) is 20.0. The summed E-state index contributed by atoms with van der Waals surface area (Å²) in [6.07, 6.45) is -1.18. The lowest BCUT2D eigenvalue weighted by Gasteiger charge is -2.14. The number of benzene rings is 2. The SMILES string of the molecule is COC(=O)CC(=O)C(C)Oc1ccc(Nc2ccc(Cl)cc2[N+](=O)[O-])cc1. The number of esters is 1. The maximum Gasteiger partial charge on any atom is 0.313 e. The molecule has 8 nitrogen and oxygen atoms in total. The molecule has 0 aliphatic rings. The quantitative estimate of drug-likeness (QED) is 0.314. The number of ether oxygens (including phenoxy) is 2. The van der Waals surface area contributed by atoms with Gasteiger partial charge in [-0.2, -0.15) is 0 Å². The Morgan fingerprint density at radius 1 is 1.22 bits per heavy atom. The molecule has 0 bridgehead atoms. The van der Waals surface area contributed by atoms with Crippen LogP contribution >= 0.6 is 11.6 Å². The summed E-state index contributed by atoms with van der Waals surface area (Å²) in [7, 11) is 1.21. The van der Waals surface area contributed by atoms with Gasteiger partial charge in [-0.25, -0.2) is 0 Å². The minimum atomic E-state index is -0.819. The molecular formula is C18H17ClN2O6. The van der Waals surface area contributed by atoms with E-state index in [-0.39, 0.29) is 17.1 Å². The van der Waals surface area contributed by atoms with Gasteiger partial charge in [-0.15, -0.1) is 0 Å². The van der Waals surface area contributed by atoms with Crippen molar-refractivity contribution in [3.8, 4) is 5.75 Å². The number of hydrogen-bond donors (Lipinski definition) is 1. The summed E-state index contributed by atoms with van der Waals surface area (Å²) in [5, 5.41) is 14.3. The van der Waals surface area contributed by atoms with Crippen LogP contribution in [0, 0.1) is 10.1 Å². The van der Waals surface area contributed by atoms with Crippen molar-refractivity contribution in [2.24, 2.45) is 0 Å². The molecule has 0 saturated heterocycles. The van der Waals surface area contributed by atoms with E-state index in [1.165, 1.54) is 26.2 Å². The van der Waals surface area contributed by atoms with Crippen molar-refractivity contribution in [1.29, 1.82) is 0 Å². The Hall–Kier alpha value is -3.13. The number of anilines is 2. The highest BCUT2D eigenvalue weighted by molar-refractivity contribution is 6.30. The van der Waals surface area contributed by atoms with E-state index < -0.39 is 22.8 Å². The fourth-order valence-corrected chi connectivity index (χ4v) is 2.33. The Balaban J connectivity index is 2.05. The van der Waals surface area contributed by atoms with Crippen LogP contribution in [-0.4, -0.2) is 29.9 Å². The second kappa shape index (κ2) is 9.00. The van der Waals surface area contributed by atoms with Crippen molar-refractivity contribution >= 4 is 40.4 Å². The van der Waals surface area contributed by atoms with Gasteiger partial charge < -0.3 is 14.8 Å². The van der Waals surface area contributed by atoms with E-state index in [1.54, 1.807) is 30.3 Å². The second-order valence-electron chi connectivity index (χ2n) is 5.55. The number of nitrogens with one attached hydrogen (secondary N) is 1. The molecule has 0 heterocycles. The standard InChI is InChI=1S/C18H17ClN2O6/c1-11(17(22)10-18(23)26-2)27-14-6-4-13(5-7-14)20-15-8-3-12(19)9-16(15)21(24)25/h3-9,11,20H,10H2,1-2H3. The molecular weight excluding hydrogens is 376 g/mol. The van der Waals surface area contributed by atoms with E-state index >= 15 is 0 Å². The van der Waals surface area contributed by atoms with Crippen molar-refractivity contribution in [3.63, 3.8) is 0 Å². The normalized spacial score (nSPS) is 11.4. The second-order valence-corrected chi connectivity index (χ2v) is 5.98. The molecule has 0 spiro atoms. The topological polar surface area (TPSA) is 108 Å². The van der Waals surface area contributed by atoms with Crippen LogP contribution in [0.4, 0.5) is 17.1 Å². The van der Waals surface area contributed by atoms with Crippen LogP contribution < -0.4 is 10.1 Å². The Labute approximate surface area is 160 Å². The third kappa shape index (κ3) is 5.68. The van der Waals surface area contributed by atoms with Crippen molar-refractivity contribution in [1.82, 2.24) is 0 Å². The summed E-state index contributed by atoms with van der Waals surface area (Å²) in [5.41, 5.74) is 0.728. The monoisotopic (exact) mass is 392 g/mol. The first-order valence-corrected chi connectivity index (χ1v) is 8.25. The third-order valence-corrected chi connectivity index (χ3v) is 3.84. The van der Waals surface area contributed by atoms with Crippen LogP contribution in [0.2, 0.25) is 5.02 Å². The van der Waals surface area contributed by atoms with E-state index in [9.17, 15) is 19.7 Å². The molecule has 27 heavy (non-hydrogen) atoms. The number of Topliss-reactive ketones (excluding diaryl/α,β-unsaturated/α-hetero) is 1. The lowest BCUT2D eigenvalue weighted by Crippen LogP contribution is -2.26. The summed E-state index contributed by atoms with van der Waals surface area (Å²) >= 11 is 5.79. The van der Waals surface area contributed by atoms with Crippen molar-refractivity contribution in [2.75, 3.05) is 12.4 Å². The van der Waals surface area contributed by atoms with Gasteiger partial charge in [0.05, 0.1) is 12.0 Å². The zero-order valence-electron chi connectivity index (χ0n) is 14.6. The minimum Gasteiger partial charge on any atom is -0.483 e. The van der Waals surface area contributed by atoms with E-state index in [0.29, 0.717) is 17.1 Å². The predicted molar refractivity (Wildman–Crippen MR) is 99.6 cm³/mol. The summed E-state index contributed by atoms with van der Waals surface area (Å²) in [6, 6.07) is 10.8. The Morgan fingerprint density at radius 3 is 2.48 bits per heavy atom. The molecule has 2 rings (SSSR count). The van der Waals surface area contributed by atoms with Gasteiger partial charge >= 0.3 is 5.97 Å². The highest BCUT2D eigenvalue weighted by Gasteiger charge is 2.19. The van der Waals surface area contributed by atoms with Gasteiger partial charge in [0.25, 0.3) is 5.69 Å². The van der Waals surface area contributed by atoms with Gasteiger partial charge in [-0.05, 0) is 43.3 Å². The lowest BCUT2D eigenvalue weighted by atomic mass is 10.2. The first kappa shape index (κ1) is 20.2. The number of nitrogens with zero attached hydrogens (tertiary/aromatic N) is 1. The van der Waals surface area contributed by atoms with E-state index in [4.69, 9.17) is 16.3 Å². The molecule has 0 aliphatic carbocycles. The third-order valence-electron chi connectivity index (χ3n) is 3.60. The molecule has 0 fully saturated rings. The number of hydrogen-bond acceptors (Lipinski definition) is 7. The molecule has 0 aliphatic heterocycles. The molecule has 2 aromatic rings. The van der Waals surface area contributed by atoms with Crippen LogP contribution in [0.3, 0.4) is 0 Å². The number of carbonyl (C=O) groups is 2. The van der Waals surface area contributed by atoms with Crippen LogP contribution in [0.15, 0.2) is 42.5 Å². The predicted octanol–water partition coefficient (Wildman–Crippen LogP) is 3.89. The average Bonchev–Trinajstić information content (AvgIpc) is 2.64. The molecule has 1 N–H and O–H groups in total. The van der Waals surface area contributed by atoms with Gasteiger partial charge in [-0.3, -0.25) is 19.7 Å². The molecule has 142 valence electrons. The van der Waals surface area contributed by atoms with E-state index in [2.05, 4.69) is 10.1 Å². The largest absolute Gasteiger partial charge is 0.483 e. The number of carbonyl (C=O) groups excluding carboxylic acids is 2. The molecule has 0 aromatic heterocycles. The highest BCUT2D eigenvalue weighted by Crippen LogP contribution is 2.31. The Bertz CT molecular complexity index is 853. The molecule has 1 unspecified atom stereocenters. The highest BCUT2D eigenvalue weighted by atomic mass is 35.5. The van der Waals surface area contributed by atoms with Gasteiger partial charge in [0, 0.05) is 16.8 Å². The van der Waals surface area contributed by atoms with Crippen LogP contribution in [0.1, 0.15) is 13.3 Å². The summed E-state index contributed by atoms with van der Waals surface area (Å²) in [4.78, 5) is 33.6. The van der Waals surface area contributed by atoms with E-state index in [0.717, 1.165) is 0 Å². The van der Waals surface area contributed by atoms with Gasteiger partial charge in [0.1, 0.15) is 17.9 Å². The average molecular weight is 393 g/mol. The van der Waals surface area contributed by atoms with Crippen molar-refractivity contribution in [3.05, 3.63) is 57.6 Å². The van der Waals surface area contributed by atoms with Crippen molar-refractivity contribution in [2.45, 2.75) is 19.4 Å². The maximum atomic E-state index is 11.8. The minimum absolute atomic E-state index is 0.148. The van der Waals surface area contributed by atoms with Crippen LogP contribution in [0.5, 0.6) is 5.75 Å². The van der Waals surface area contributed by atoms with Gasteiger partial charge in [-0.1, -0.05) is 11.6 Å². The molecule has 0 radical (unpaired) electrons. The van der Waals surface area contributed by atoms with Crippen LogP contribution in [0.25, 0.3) is 0 Å². The number of halogens is 1. The number of nitro groups is 1. The molecule has 0 saturated carbocycles. The Kier molecular flexibility index (Phi) is 6.73. The fourth-order valence-electron chi connectivity index (χ4n) is 2.16. The fraction of sp³-hybridized carbons (Fsp3) is 0.222. The van der Waals surface area contributed by atoms with Crippen molar-refractivity contribution < 1.29 is 24.0 Å². The van der Waals surface area contributed by atoms with Crippen LogP contribution in [-0.2, 0) is 14.3 Å². The lowest BCUT2D eigenvalue weighted by molar-refractivity contribution is -0.383. The summed E-state index contributed by atoms with van der Waals surface area (Å²) in [5.74, 6) is -0.614. The number of ketones is 1. The Morgan fingerprint density at radius 2 is 1.89 bits per heavy atom. The maximum absolute atomic E-state index is 11.8. The summed E-state index contributed by atoms with van der Waals surface area (Å²) < 4.78 is 9.94. The number of nitro benzene ring substituents is 1. The number of methoxy groups -OCH3 is 1. The first-order chi connectivity index (χ1) is 12.8. The molecule has 1 atom stereocenters. The summed E-state index contributed by atoms with van der Waals surface area (Å²) in [6.45, 7) is 1.54. The zero-order valence-corrected chi connectivity index (χ0v) is 15.4. The molecule has 2 aromatic carbocycles. The van der Waals surface area contributed by atoms with Gasteiger partial charge in [0.2, 0.25) is 0 Å².